The monoisotopic (exact) mass is 422 g/mol. The second kappa shape index (κ2) is 9.19. The second-order valence-electron chi connectivity index (χ2n) is 6.57. The van der Waals surface area contributed by atoms with E-state index in [1.165, 1.54) is 36.0 Å². The number of amides is 1. The van der Waals surface area contributed by atoms with Gasteiger partial charge in [-0.15, -0.1) is 0 Å². The lowest BCUT2D eigenvalue weighted by molar-refractivity contribution is 0.0952. The van der Waals surface area contributed by atoms with Crippen LogP contribution in [0.2, 0.25) is 5.02 Å². The van der Waals surface area contributed by atoms with Gasteiger partial charge in [0.2, 0.25) is 0 Å². The highest BCUT2D eigenvalue weighted by Crippen LogP contribution is 2.25. The van der Waals surface area contributed by atoms with Crippen molar-refractivity contribution in [3.63, 3.8) is 0 Å². The number of phenolic OH excluding ortho intramolecular Hbond substituents is 2. The maximum Gasteiger partial charge on any atom is 0.275 e. The number of nitrogens with zero attached hydrogens (tertiary/aromatic N) is 3. The zero-order valence-electron chi connectivity index (χ0n) is 16.3. The second-order valence-corrected chi connectivity index (χ2v) is 7.01. The number of nitrogens with one attached hydrogen (secondary N) is 1. The van der Waals surface area contributed by atoms with E-state index in [9.17, 15) is 15.0 Å². The number of phenols is 2. The Bertz CT molecular complexity index is 1160. The lowest BCUT2D eigenvalue weighted by Gasteiger charge is -2.04. The van der Waals surface area contributed by atoms with Crippen LogP contribution in [-0.2, 0) is 0 Å². The minimum atomic E-state index is -0.642. The number of benzene rings is 3. The predicted octanol–water partition coefficient (Wildman–Crippen LogP) is 5.55. The first-order valence-corrected chi connectivity index (χ1v) is 9.35. The number of hydrazone groups is 1. The van der Waals surface area contributed by atoms with E-state index in [0.29, 0.717) is 16.3 Å². The Morgan fingerprint density at radius 2 is 1.57 bits per heavy atom. The minimum absolute atomic E-state index is 0.0141. The van der Waals surface area contributed by atoms with Crippen LogP contribution in [0.15, 0.2) is 69.9 Å². The summed E-state index contributed by atoms with van der Waals surface area (Å²) in [6.07, 6.45) is 1.27. The summed E-state index contributed by atoms with van der Waals surface area (Å²) in [7, 11) is 0. The predicted molar refractivity (Wildman–Crippen MR) is 116 cm³/mol. The molecule has 0 unspecified atom stereocenters. The molecule has 0 aliphatic rings. The van der Waals surface area contributed by atoms with Crippen LogP contribution in [0.3, 0.4) is 0 Å². The van der Waals surface area contributed by atoms with Crippen LogP contribution in [0, 0.1) is 13.8 Å². The fourth-order valence-corrected chi connectivity index (χ4v) is 2.69. The van der Waals surface area contributed by atoms with E-state index in [2.05, 4.69) is 20.8 Å². The van der Waals surface area contributed by atoms with Crippen molar-refractivity contribution in [3.8, 4) is 11.5 Å². The van der Waals surface area contributed by atoms with E-state index in [-0.39, 0.29) is 17.1 Å². The number of aryl methyl sites for hydroxylation is 2. The molecule has 0 saturated carbocycles. The van der Waals surface area contributed by atoms with Crippen LogP contribution in [0.5, 0.6) is 11.5 Å². The van der Waals surface area contributed by atoms with Gasteiger partial charge in [-0.25, -0.2) is 5.43 Å². The van der Waals surface area contributed by atoms with Crippen molar-refractivity contribution in [2.45, 2.75) is 13.8 Å². The molecule has 1 amide bonds. The third-order valence-electron chi connectivity index (χ3n) is 4.36. The SMILES string of the molecule is Cc1ccc(N=Nc2ccc(O)c(/C=N/NC(=O)c3cc(Cl)ccc3O)c2)cc1C. The van der Waals surface area contributed by atoms with Gasteiger partial charge in [-0.1, -0.05) is 17.7 Å². The number of carbonyl (C=O) groups excluding carboxylic acids is 1. The number of hydrogen-bond donors (Lipinski definition) is 3. The minimum Gasteiger partial charge on any atom is -0.507 e. The molecule has 0 aliphatic heterocycles. The van der Waals surface area contributed by atoms with Crippen LogP contribution in [0.1, 0.15) is 27.0 Å². The number of halogens is 1. The molecule has 0 aromatic heterocycles. The molecule has 0 heterocycles. The van der Waals surface area contributed by atoms with E-state index < -0.39 is 5.91 Å². The van der Waals surface area contributed by atoms with Gasteiger partial charge in [-0.05, 0) is 73.5 Å². The summed E-state index contributed by atoms with van der Waals surface area (Å²) in [6.45, 7) is 4.02. The van der Waals surface area contributed by atoms with Gasteiger partial charge in [0.1, 0.15) is 11.5 Å². The smallest absolute Gasteiger partial charge is 0.275 e. The Kier molecular flexibility index (Phi) is 6.44. The van der Waals surface area contributed by atoms with Crippen molar-refractivity contribution in [3.05, 3.63) is 81.9 Å². The first-order valence-electron chi connectivity index (χ1n) is 8.97. The van der Waals surface area contributed by atoms with Crippen LogP contribution in [0.4, 0.5) is 11.4 Å². The fraction of sp³-hybridized carbons (Fsp3) is 0.0909. The average molecular weight is 423 g/mol. The molecule has 7 nitrogen and oxygen atoms in total. The highest BCUT2D eigenvalue weighted by molar-refractivity contribution is 6.31. The zero-order chi connectivity index (χ0) is 21.7. The zero-order valence-corrected chi connectivity index (χ0v) is 17.1. The molecular weight excluding hydrogens is 404 g/mol. The summed E-state index contributed by atoms with van der Waals surface area (Å²) in [5.74, 6) is -0.899. The molecule has 3 aromatic carbocycles. The third kappa shape index (κ3) is 5.21. The molecule has 0 aliphatic carbocycles. The summed E-state index contributed by atoms with van der Waals surface area (Å²) < 4.78 is 0. The molecule has 3 rings (SSSR count). The first kappa shape index (κ1) is 21.0. The Balaban J connectivity index is 1.73. The van der Waals surface area contributed by atoms with Crippen molar-refractivity contribution in [1.29, 1.82) is 0 Å². The van der Waals surface area contributed by atoms with Gasteiger partial charge in [0.25, 0.3) is 5.91 Å². The maximum atomic E-state index is 12.1. The van der Waals surface area contributed by atoms with Crippen LogP contribution < -0.4 is 5.43 Å². The molecule has 152 valence electrons. The van der Waals surface area contributed by atoms with E-state index in [1.807, 2.05) is 32.0 Å². The van der Waals surface area contributed by atoms with Gasteiger partial charge >= 0.3 is 0 Å². The first-order chi connectivity index (χ1) is 14.3. The van der Waals surface area contributed by atoms with Gasteiger partial charge < -0.3 is 10.2 Å². The van der Waals surface area contributed by atoms with Crippen molar-refractivity contribution < 1.29 is 15.0 Å². The molecule has 0 bridgehead atoms. The molecule has 3 N–H and O–H groups in total. The Labute approximate surface area is 178 Å². The molecule has 8 heteroatoms. The fourth-order valence-electron chi connectivity index (χ4n) is 2.52. The van der Waals surface area contributed by atoms with Gasteiger partial charge in [-0.3, -0.25) is 4.79 Å². The molecule has 3 aromatic rings. The summed E-state index contributed by atoms with van der Waals surface area (Å²) in [5, 5.41) is 32.3. The van der Waals surface area contributed by atoms with Gasteiger partial charge in [-0.2, -0.15) is 15.3 Å². The third-order valence-corrected chi connectivity index (χ3v) is 4.59. The van der Waals surface area contributed by atoms with E-state index in [1.54, 1.807) is 12.1 Å². The molecule has 0 fully saturated rings. The Morgan fingerprint density at radius 3 is 2.30 bits per heavy atom. The number of carbonyl (C=O) groups is 1. The van der Waals surface area contributed by atoms with Crippen molar-refractivity contribution in [1.82, 2.24) is 5.43 Å². The van der Waals surface area contributed by atoms with Gasteiger partial charge in [0.15, 0.2) is 0 Å². The van der Waals surface area contributed by atoms with Gasteiger partial charge in [0, 0.05) is 10.6 Å². The molecule has 0 spiro atoms. The van der Waals surface area contributed by atoms with Crippen LogP contribution in [0.25, 0.3) is 0 Å². The lowest BCUT2D eigenvalue weighted by atomic mass is 10.1. The Morgan fingerprint density at radius 1 is 0.900 bits per heavy atom. The summed E-state index contributed by atoms with van der Waals surface area (Å²) in [5.41, 5.74) is 6.11. The topological polar surface area (TPSA) is 107 Å². The Hall–Kier alpha value is -3.71. The van der Waals surface area contributed by atoms with E-state index in [4.69, 9.17) is 11.6 Å². The number of azo groups is 1. The molecule has 30 heavy (non-hydrogen) atoms. The number of aromatic hydroxyl groups is 2. The summed E-state index contributed by atoms with van der Waals surface area (Å²) in [6, 6.07) is 14.5. The molecule has 0 saturated heterocycles. The van der Waals surface area contributed by atoms with E-state index in [0.717, 1.165) is 11.3 Å². The number of hydrogen-bond acceptors (Lipinski definition) is 6. The quantitative estimate of drug-likeness (QED) is 0.285. The highest BCUT2D eigenvalue weighted by Gasteiger charge is 2.11. The highest BCUT2D eigenvalue weighted by atomic mass is 35.5. The maximum absolute atomic E-state index is 12.1. The average Bonchev–Trinajstić information content (AvgIpc) is 2.72. The molecule has 0 atom stereocenters. The van der Waals surface area contributed by atoms with Crippen molar-refractivity contribution in [2.24, 2.45) is 15.3 Å². The van der Waals surface area contributed by atoms with Crippen LogP contribution in [-0.4, -0.2) is 22.3 Å². The molecule has 0 radical (unpaired) electrons. The standard InChI is InChI=1S/C22H19ClN4O3/c1-13-3-5-17(9-14(13)2)25-26-18-6-8-20(28)15(10-18)12-24-27-22(30)19-11-16(23)4-7-21(19)29/h3-12,28-29H,1-2H3,(H,27,30)/b24-12+,26-25?. The van der Waals surface area contributed by atoms with E-state index >= 15 is 0 Å². The summed E-state index contributed by atoms with van der Waals surface area (Å²) >= 11 is 5.84. The van der Waals surface area contributed by atoms with Crippen molar-refractivity contribution in [2.75, 3.05) is 0 Å². The lowest BCUT2D eigenvalue weighted by Crippen LogP contribution is -2.17. The van der Waals surface area contributed by atoms with Gasteiger partial charge in [0.05, 0.1) is 23.2 Å². The number of rotatable bonds is 5. The van der Waals surface area contributed by atoms with Crippen LogP contribution >= 0.6 is 11.6 Å². The summed E-state index contributed by atoms with van der Waals surface area (Å²) in [4.78, 5) is 12.1. The molecular formula is C22H19ClN4O3. The van der Waals surface area contributed by atoms with Crippen molar-refractivity contribution >= 4 is 35.1 Å². The largest absolute Gasteiger partial charge is 0.507 e. The normalized spacial score (nSPS) is 11.3.